The molecule has 0 bridgehead atoms. The predicted octanol–water partition coefficient (Wildman–Crippen LogP) is 4.03. The average Bonchev–Trinajstić information content (AvgIpc) is 2.85. The lowest BCUT2D eigenvalue weighted by Crippen LogP contribution is -2.26. The minimum Gasteiger partial charge on any atom is -0.378 e. The summed E-state index contributed by atoms with van der Waals surface area (Å²) < 4.78 is 6.77. The van der Waals surface area contributed by atoms with E-state index < -0.39 is 0 Å². The van der Waals surface area contributed by atoms with Crippen LogP contribution in [0.25, 0.3) is 10.8 Å². The van der Waals surface area contributed by atoms with Gasteiger partial charge in [-0.2, -0.15) is 0 Å². The lowest BCUT2D eigenvalue weighted by Gasteiger charge is -2.24. The van der Waals surface area contributed by atoms with Crippen molar-refractivity contribution in [3.05, 3.63) is 46.4 Å². The number of nitrogens with two attached hydrogens (primary N) is 1. The van der Waals surface area contributed by atoms with Crippen molar-refractivity contribution in [3.8, 4) is 0 Å². The largest absolute Gasteiger partial charge is 0.378 e. The molecule has 0 spiro atoms. The predicted molar refractivity (Wildman–Crippen MR) is 82.1 cm³/mol. The molecule has 1 aliphatic rings. The van der Waals surface area contributed by atoms with Crippen LogP contribution in [0.2, 0.25) is 0 Å². The van der Waals surface area contributed by atoms with Crippen LogP contribution in [0.4, 0.5) is 0 Å². The fraction of sp³-hybridized carbons (Fsp3) is 0.375. The topological polar surface area (TPSA) is 35.2 Å². The van der Waals surface area contributed by atoms with Crippen LogP contribution >= 0.6 is 15.9 Å². The summed E-state index contributed by atoms with van der Waals surface area (Å²) in [6.45, 7) is 2.95. The minimum atomic E-state index is 0.0375. The van der Waals surface area contributed by atoms with E-state index in [0.29, 0.717) is 5.92 Å². The van der Waals surface area contributed by atoms with E-state index in [1.54, 1.807) is 0 Å². The first kappa shape index (κ1) is 13.1. The maximum atomic E-state index is 6.51. The monoisotopic (exact) mass is 319 g/mol. The Morgan fingerprint density at radius 2 is 1.95 bits per heavy atom. The second-order valence-electron chi connectivity index (χ2n) is 5.24. The first-order valence-corrected chi connectivity index (χ1v) is 7.52. The van der Waals surface area contributed by atoms with Crippen LogP contribution in [0.1, 0.15) is 24.9 Å². The van der Waals surface area contributed by atoms with Crippen molar-refractivity contribution in [2.24, 2.45) is 11.7 Å². The summed E-state index contributed by atoms with van der Waals surface area (Å²) in [5, 5.41) is 2.46. The molecule has 0 aromatic heterocycles. The third kappa shape index (κ3) is 2.31. The molecule has 19 heavy (non-hydrogen) atoms. The molecule has 3 atom stereocenters. The molecular formula is C16H18BrNO. The number of hydrogen-bond acceptors (Lipinski definition) is 2. The molecule has 3 unspecified atom stereocenters. The second-order valence-corrected chi connectivity index (χ2v) is 6.09. The summed E-state index contributed by atoms with van der Waals surface area (Å²) >= 11 is 3.61. The van der Waals surface area contributed by atoms with Crippen molar-refractivity contribution in [2.75, 3.05) is 6.61 Å². The van der Waals surface area contributed by atoms with E-state index in [-0.39, 0.29) is 12.1 Å². The van der Waals surface area contributed by atoms with Crippen molar-refractivity contribution >= 4 is 26.7 Å². The maximum absolute atomic E-state index is 6.51. The molecule has 100 valence electrons. The number of ether oxygens (including phenoxy) is 1. The fourth-order valence-electron chi connectivity index (χ4n) is 3.03. The van der Waals surface area contributed by atoms with Crippen LogP contribution in [0.15, 0.2) is 40.9 Å². The molecule has 2 N–H and O–H groups in total. The van der Waals surface area contributed by atoms with Gasteiger partial charge in [0.05, 0.1) is 6.10 Å². The molecule has 2 aromatic rings. The zero-order chi connectivity index (χ0) is 13.4. The van der Waals surface area contributed by atoms with Crippen molar-refractivity contribution in [3.63, 3.8) is 0 Å². The molecular weight excluding hydrogens is 302 g/mol. The highest BCUT2D eigenvalue weighted by molar-refractivity contribution is 9.10. The molecule has 0 aliphatic carbocycles. The summed E-state index contributed by atoms with van der Waals surface area (Å²) in [5.41, 5.74) is 7.73. The Hall–Kier alpha value is -0.900. The number of hydrogen-bond donors (Lipinski definition) is 1. The van der Waals surface area contributed by atoms with Crippen LogP contribution in [0.5, 0.6) is 0 Å². The molecule has 0 radical (unpaired) electrons. The van der Waals surface area contributed by atoms with E-state index >= 15 is 0 Å². The number of halogens is 1. The Morgan fingerprint density at radius 3 is 2.63 bits per heavy atom. The Balaban J connectivity index is 2.07. The molecule has 1 fully saturated rings. The van der Waals surface area contributed by atoms with E-state index in [4.69, 9.17) is 10.5 Å². The second kappa shape index (κ2) is 5.23. The quantitative estimate of drug-likeness (QED) is 0.907. The number of fused-ring (bicyclic) bond motifs is 1. The highest BCUT2D eigenvalue weighted by atomic mass is 79.9. The van der Waals surface area contributed by atoms with E-state index in [0.717, 1.165) is 17.5 Å². The molecule has 2 aromatic carbocycles. The summed E-state index contributed by atoms with van der Waals surface area (Å²) in [6.07, 6.45) is 1.30. The van der Waals surface area contributed by atoms with Crippen molar-refractivity contribution < 1.29 is 4.74 Å². The van der Waals surface area contributed by atoms with Gasteiger partial charge in [0.25, 0.3) is 0 Å². The van der Waals surface area contributed by atoms with Crippen LogP contribution in [-0.4, -0.2) is 12.7 Å². The Bertz CT molecular complexity index is 598. The molecule has 3 rings (SSSR count). The molecule has 1 heterocycles. The molecule has 0 saturated carbocycles. The van der Waals surface area contributed by atoms with Gasteiger partial charge in [-0.15, -0.1) is 0 Å². The van der Waals surface area contributed by atoms with Crippen LogP contribution in [-0.2, 0) is 4.74 Å². The van der Waals surface area contributed by atoms with Crippen molar-refractivity contribution in [1.82, 2.24) is 0 Å². The molecule has 2 nitrogen and oxygen atoms in total. The van der Waals surface area contributed by atoms with Gasteiger partial charge in [0, 0.05) is 23.0 Å². The zero-order valence-corrected chi connectivity index (χ0v) is 12.6. The number of benzene rings is 2. The van der Waals surface area contributed by atoms with Gasteiger partial charge >= 0.3 is 0 Å². The Labute approximate surface area is 122 Å². The van der Waals surface area contributed by atoms with Crippen LogP contribution < -0.4 is 5.73 Å². The lowest BCUT2D eigenvalue weighted by molar-refractivity contribution is 0.0996. The number of rotatable bonds is 2. The van der Waals surface area contributed by atoms with Gasteiger partial charge in [0.15, 0.2) is 0 Å². The minimum absolute atomic E-state index is 0.0375. The summed E-state index contributed by atoms with van der Waals surface area (Å²) in [4.78, 5) is 0. The summed E-state index contributed by atoms with van der Waals surface area (Å²) in [7, 11) is 0. The summed E-state index contributed by atoms with van der Waals surface area (Å²) in [6, 6.07) is 12.7. The first-order chi connectivity index (χ1) is 9.18. The highest BCUT2D eigenvalue weighted by Gasteiger charge is 2.31. The Kier molecular flexibility index (Phi) is 3.61. The van der Waals surface area contributed by atoms with E-state index in [1.165, 1.54) is 16.3 Å². The van der Waals surface area contributed by atoms with E-state index in [2.05, 4.69) is 59.3 Å². The van der Waals surface area contributed by atoms with Gasteiger partial charge in [0.2, 0.25) is 0 Å². The van der Waals surface area contributed by atoms with Crippen molar-refractivity contribution in [2.45, 2.75) is 25.5 Å². The smallest absolute Gasteiger partial charge is 0.0594 e. The first-order valence-electron chi connectivity index (χ1n) is 6.73. The summed E-state index contributed by atoms with van der Waals surface area (Å²) in [5.74, 6) is 0.407. The lowest BCUT2D eigenvalue weighted by atomic mass is 9.86. The van der Waals surface area contributed by atoms with Gasteiger partial charge in [-0.3, -0.25) is 0 Å². The average molecular weight is 320 g/mol. The standard InChI is InChI=1S/C16H18BrNO/c1-10-11(8-9-19-10)16(18)14-6-7-15(17)13-5-3-2-4-12(13)14/h2-7,10-11,16H,8-9,18H2,1H3. The molecule has 1 aliphatic heterocycles. The normalized spacial score (nSPS) is 24.8. The van der Waals surface area contributed by atoms with Gasteiger partial charge in [0.1, 0.15) is 0 Å². The Morgan fingerprint density at radius 1 is 1.21 bits per heavy atom. The molecule has 3 heteroatoms. The van der Waals surface area contributed by atoms with Gasteiger partial charge < -0.3 is 10.5 Å². The van der Waals surface area contributed by atoms with Gasteiger partial charge in [-0.1, -0.05) is 46.3 Å². The van der Waals surface area contributed by atoms with Gasteiger partial charge in [-0.05, 0) is 35.7 Å². The third-order valence-electron chi connectivity index (χ3n) is 4.16. The van der Waals surface area contributed by atoms with Gasteiger partial charge in [-0.25, -0.2) is 0 Å². The van der Waals surface area contributed by atoms with E-state index in [9.17, 15) is 0 Å². The molecule has 1 saturated heterocycles. The van der Waals surface area contributed by atoms with Crippen LogP contribution in [0.3, 0.4) is 0 Å². The zero-order valence-electron chi connectivity index (χ0n) is 11.0. The fourth-order valence-corrected chi connectivity index (χ4v) is 3.50. The maximum Gasteiger partial charge on any atom is 0.0594 e. The SMILES string of the molecule is CC1OCCC1C(N)c1ccc(Br)c2ccccc12. The highest BCUT2D eigenvalue weighted by Crippen LogP contribution is 2.36. The molecule has 0 amide bonds. The van der Waals surface area contributed by atoms with E-state index in [1.807, 2.05) is 0 Å². The van der Waals surface area contributed by atoms with Crippen molar-refractivity contribution in [1.29, 1.82) is 0 Å². The van der Waals surface area contributed by atoms with Crippen LogP contribution in [0, 0.1) is 5.92 Å². The third-order valence-corrected chi connectivity index (χ3v) is 4.85.